The van der Waals surface area contributed by atoms with Crippen LogP contribution in [0, 0.1) is 5.92 Å². The minimum atomic E-state index is -0.146. The second kappa shape index (κ2) is 4.56. The van der Waals surface area contributed by atoms with Crippen molar-refractivity contribution in [2.75, 3.05) is 13.1 Å². The summed E-state index contributed by atoms with van der Waals surface area (Å²) in [6, 6.07) is 0.235. The summed E-state index contributed by atoms with van der Waals surface area (Å²) in [6.07, 6.45) is 5.92. The summed E-state index contributed by atoms with van der Waals surface area (Å²) in [6.45, 7) is 3.66. The fraction of sp³-hybridized carbons (Fsp3) is 0.857. The van der Waals surface area contributed by atoms with Crippen LogP contribution < -0.4 is 0 Å². The summed E-state index contributed by atoms with van der Waals surface area (Å²) >= 11 is 0. The van der Waals surface area contributed by atoms with Gasteiger partial charge in [-0.1, -0.05) is 13.3 Å². The normalized spacial score (nSPS) is 37.1. The van der Waals surface area contributed by atoms with Gasteiger partial charge in [0.05, 0.1) is 0 Å². The first-order valence-electron chi connectivity index (χ1n) is 7.28. The Hall–Kier alpha value is -1.06. The highest BCUT2D eigenvalue weighted by Gasteiger charge is 2.42. The summed E-state index contributed by atoms with van der Waals surface area (Å²) < 4.78 is 0. The van der Waals surface area contributed by atoms with Gasteiger partial charge in [-0.3, -0.25) is 9.59 Å². The standard InChI is InChI=1S/C14H22N2O2/c1-10-4-2-5-11(10)16-9-7-13(17)15-8-3-6-12(15)14(16)18/h10-12H,2-9H2,1H3. The van der Waals surface area contributed by atoms with Gasteiger partial charge in [0.15, 0.2) is 0 Å². The molecule has 0 spiro atoms. The highest BCUT2D eigenvalue weighted by molar-refractivity contribution is 5.90. The molecule has 3 rings (SSSR count). The average molecular weight is 250 g/mol. The molecule has 2 saturated heterocycles. The number of hydrogen-bond acceptors (Lipinski definition) is 2. The first-order valence-corrected chi connectivity index (χ1v) is 7.28. The van der Waals surface area contributed by atoms with Crippen LogP contribution in [0.25, 0.3) is 0 Å². The van der Waals surface area contributed by atoms with Crippen LogP contribution in [0.15, 0.2) is 0 Å². The van der Waals surface area contributed by atoms with Crippen LogP contribution in [-0.4, -0.2) is 46.8 Å². The van der Waals surface area contributed by atoms with Gasteiger partial charge in [0.1, 0.15) is 6.04 Å². The first kappa shape index (κ1) is 12.0. The van der Waals surface area contributed by atoms with Gasteiger partial charge in [0.25, 0.3) is 0 Å². The van der Waals surface area contributed by atoms with Gasteiger partial charge in [0.2, 0.25) is 11.8 Å². The van der Waals surface area contributed by atoms with E-state index in [9.17, 15) is 9.59 Å². The second-order valence-electron chi connectivity index (χ2n) is 6.00. The van der Waals surface area contributed by atoms with Crippen molar-refractivity contribution < 1.29 is 9.59 Å². The van der Waals surface area contributed by atoms with E-state index in [2.05, 4.69) is 6.92 Å². The van der Waals surface area contributed by atoms with E-state index >= 15 is 0 Å². The van der Waals surface area contributed by atoms with Crippen LogP contribution in [0.3, 0.4) is 0 Å². The number of carbonyl (C=O) groups excluding carboxylic acids is 2. The largest absolute Gasteiger partial charge is 0.337 e. The Labute approximate surface area is 108 Å². The molecular formula is C14H22N2O2. The minimum absolute atomic E-state index is 0.146. The molecule has 0 N–H and O–H groups in total. The van der Waals surface area contributed by atoms with Crippen molar-refractivity contribution in [3.63, 3.8) is 0 Å². The quantitative estimate of drug-likeness (QED) is 0.706. The zero-order chi connectivity index (χ0) is 12.7. The topological polar surface area (TPSA) is 40.6 Å². The van der Waals surface area contributed by atoms with Crippen LogP contribution in [0.5, 0.6) is 0 Å². The molecule has 100 valence electrons. The summed E-state index contributed by atoms with van der Waals surface area (Å²) in [5.74, 6) is 0.994. The monoisotopic (exact) mass is 250 g/mol. The van der Waals surface area contributed by atoms with E-state index in [-0.39, 0.29) is 17.9 Å². The Kier molecular flexibility index (Phi) is 3.04. The van der Waals surface area contributed by atoms with Gasteiger partial charge in [-0.25, -0.2) is 0 Å². The highest BCUT2D eigenvalue weighted by Crippen LogP contribution is 2.33. The van der Waals surface area contributed by atoms with E-state index in [4.69, 9.17) is 0 Å². The minimum Gasteiger partial charge on any atom is -0.337 e. The highest BCUT2D eigenvalue weighted by atomic mass is 16.2. The van der Waals surface area contributed by atoms with Crippen LogP contribution in [0.2, 0.25) is 0 Å². The van der Waals surface area contributed by atoms with Gasteiger partial charge in [0, 0.05) is 25.6 Å². The van der Waals surface area contributed by atoms with Crippen LogP contribution in [-0.2, 0) is 9.59 Å². The van der Waals surface area contributed by atoms with Gasteiger partial charge < -0.3 is 9.80 Å². The molecule has 3 unspecified atom stereocenters. The Morgan fingerprint density at radius 2 is 1.83 bits per heavy atom. The molecule has 1 saturated carbocycles. The Bertz CT molecular complexity index is 369. The molecule has 0 bridgehead atoms. The Balaban J connectivity index is 1.83. The molecule has 3 aliphatic rings. The predicted molar refractivity (Wildman–Crippen MR) is 67.9 cm³/mol. The number of carbonyl (C=O) groups is 2. The third-order valence-corrected chi connectivity index (χ3v) is 4.92. The third-order valence-electron chi connectivity index (χ3n) is 4.92. The molecule has 2 heterocycles. The van der Waals surface area contributed by atoms with Crippen molar-refractivity contribution in [3.05, 3.63) is 0 Å². The smallest absolute Gasteiger partial charge is 0.245 e. The molecule has 4 heteroatoms. The molecule has 3 fully saturated rings. The van der Waals surface area contributed by atoms with Crippen LogP contribution in [0.1, 0.15) is 45.4 Å². The maximum absolute atomic E-state index is 12.6. The fourth-order valence-electron chi connectivity index (χ4n) is 3.90. The Morgan fingerprint density at radius 3 is 2.56 bits per heavy atom. The van der Waals surface area contributed by atoms with Crippen molar-refractivity contribution in [2.24, 2.45) is 5.92 Å². The molecule has 2 aliphatic heterocycles. The summed E-state index contributed by atoms with van der Waals surface area (Å²) in [5, 5.41) is 0. The lowest BCUT2D eigenvalue weighted by Crippen LogP contribution is -2.48. The Morgan fingerprint density at radius 1 is 1.00 bits per heavy atom. The van der Waals surface area contributed by atoms with E-state index in [1.54, 1.807) is 0 Å². The lowest BCUT2D eigenvalue weighted by atomic mass is 10.0. The molecule has 1 aliphatic carbocycles. The van der Waals surface area contributed by atoms with Crippen molar-refractivity contribution in [1.82, 2.24) is 9.80 Å². The molecule has 0 aromatic heterocycles. The van der Waals surface area contributed by atoms with Gasteiger partial charge in [-0.15, -0.1) is 0 Å². The molecule has 0 aromatic rings. The molecule has 0 aromatic carbocycles. The number of hydrogen-bond donors (Lipinski definition) is 0. The van der Waals surface area contributed by atoms with E-state index < -0.39 is 0 Å². The average Bonchev–Trinajstić information content (AvgIpc) is 2.96. The van der Waals surface area contributed by atoms with Crippen LogP contribution in [0.4, 0.5) is 0 Å². The number of rotatable bonds is 1. The maximum Gasteiger partial charge on any atom is 0.245 e. The molecular weight excluding hydrogens is 228 g/mol. The lowest BCUT2D eigenvalue weighted by Gasteiger charge is -2.32. The molecule has 0 radical (unpaired) electrons. The van der Waals surface area contributed by atoms with Gasteiger partial charge in [-0.05, 0) is 31.6 Å². The van der Waals surface area contributed by atoms with Gasteiger partial charge >= 0.3 is 0 Å². The number of amides is 2. The number of nitrogens with zero attached hydrogens (tertiary/aromatic N) is 2. The number of fused-ring (bicyclic) bond motifs is 1. The molecule has 4 nitrogen and oxygen atoms in total. The van der Waals surface area contributed by atoms with Crippen molar-refractivity contribution >= 4 is 11.8 Å². The summed E-state index contributed by atoms with van der Waals surface area (Å²) in [4.78, 5) is 28.5. The first-order chi connectivity index (χ1) is 8.68. The summed E-state index contributed by atoms with van der Waals surface area (Å²) in [5.41, 5.74) is 0. The van der Waals surface area contributed by atoms with Crippen molar-refractivity contribution in [2.45, 2.75) is 57.5 Å². The second-order valence-corrected chi connectivity index (χ2v) is 6.00. The van der Waals surface area contributed by atoms with E-state index in [0.29, 0.717) is 24.9 Å². The van der Waals surface area contributed by atoms with Crippen LogP contribution >= 0.6 is 0 Å². The van der Waals surface area contributed by atoms with Crippen molar-refractivity contribution in [1.29, 1.82) is 0 Å². The van der Waals surface area contributed by atoms with E-state index in [1.165, 1.54) is 12.8 Å². The van der Waals surface area contributed by atoms with Gasteiger partial charge in [-0.2, -0.15) is 0 Å². The fourth-order valence-corrected chi connectivity index (χ4v) is 3.90. The summed E-state index contributed by atoms with van der Waals surface area (Å²) in [7, 11) is 0. The molecule has 2 amide bonds. The third kappa shape index (κ3) is 1.82. The van der Waals surface area contributed by atoms with E-state index in [1.807, 2.05) is 9.80 Å². The molecule has 3 atom stereocenters. The van der Waals surface area contributed by atoms with Crippen molar-refractivity contribution in [3.8, 4) is 0 Å². The predicted octanol–water partition coefficient (Wildman–Crippen LogP) is 1.40. The zero-order valence-corrected chi connectivity index (χ0v) is 11.1. The maximum atomic E-state index is 12.6. The lowest BCUT2D eigenvalue weighted by molar-refractivity contribution is -0.141. The molecule has 18 heavy (non-hydrogen) atoms. The zero-order valence-electron chi connectivity index (χ0n) is 11.1. The SMILES string of the molecule is CC1CCCC1N1CCC(=O)N2CCCC2C1=O. The van der Waals surface area contributed by atoms with E-state index in [0.717, 1.165) is 25.8 Å².